The first-order chi connectivity index (χ1) is 17.0. The summed E-state index contributed by atoms with van der Waals surface area (Å²) in [4.78, 5) is 9.77. The molecule has 3 unspecified atom stereocenters. The maximum Gasteiger partial charge on any atom is 0.196 e. The van der Waals surface area contributed by atoms with Crippen LogP contribution in [-0.2, 0) is 15.1 Å². The van der Waals surface area contributed by atoms with E-state index in [-0.39, 0.29) is 19.0 Å². The number of hydrogen-bond acceptors (Lipinski definition) is 9. The molecule has 0 radical (unpaired) electrons. The summed E-state index contributed by atoms with van der Waals surface area (Å²) in [6.45, 7) is 1.24. The second-order valence-corrected chi connectivity index (χ2v) is 8.09. The lowest BCUT2D eigenvalue weighted by Crippen LogP contribution is -2.52. The summed E-state index contributed by atoms with van der Waals surface area (Å²) in [5.74, 6) is -1.05. The molecule has 0 amide bonds. The van der Waals surface area contributed by atoms with E-state index in [2.05, 4.69) is 5.32 Å². The fourth-order valence-electron chi connectivity index (χ4n) is 4.12. The Kier molecular flexibility index (Phi) is 7.62. The van der Waals surface area contributed by atoms with Gasteiger partial charge in [-0.3, -0.25) is 0 Å². The molecule has 0 saturated carbocycles. The van der Waals surface area contributed by atoms with Gasteiger partial charge in [-0.1, -0.05) is 30.4 Å². The monoisotopic (exact) mass is 478 g/mol. The number of nitrogens with one attached hydrogen (secondary N) is 1. The number of aliphatic imine (C=N–C) groups is 2. The van der Waals surface area contributed by atoms with Crippen LogP contribution in [0.5, 0.6) is 11.5 Å². The molecule has 9 nitrogen and oxygen atoms in total. The fourth-order valence-corrected chi connectivity index (χ4v) is 4.12. The minimum absolute atomic E-state index is 0.115. The molecule has 5 N–H and O–H groups in total. The Morgan fingerprint density at radius 3 is 2.51 bits per heavy atom. The van der Waals surface area contributed by atoms with Crippen molar-refractivity contribution in [1.29, 1.82) is 0 Å². The molecule has 0 saturated heterocycles. The van der Waals surface area contributed by atoms with E-state index in [1.165, 1.54) is 0 Å². The van der Waals surface area contributed by atoms with Crippen molar-refractivity contribution in [2.24, 2.45) is 21.6 Å². The molecule has 0 bridgehead atoms. The van der Waals surface area contributed by atoms with Crippen molar-refractivity contribution in [3.05, 3.63) is 84.0 Å². The van der Waals surface area contributed by atoms with Gasteiger partial charge in [0.1, 0.15) is 17.3 Å². The van der Waals surface area contributed by atoms with E-state index in [9.17, 15) is 10.2 Å². The normalized spacial score (nSPS) is 25.2. The third-order valence-corrected chi connectivity index (χ3v) is 5.85. The molecule has 0 spiro atoms. The van der Waals surface area contributed by atoms with Gasteiger partial charge in [-0.25, -0.2) is 9.98 Å². The minimum Gasteiger partial charge on any atom is -0.508 e. The number of amidine groups is 1. The molecule has 3 atom stereocenters. The Labute approximate surface area is 204 Å². The number of rotatable bonds is 10. The molecule has 4 rings (SSSR count). The summed E-state index contributed by atoms with van der Waals surface area (Å²) in [5, 5.41) is 24.7. The molecule has 35 heavy (non-hydrogen) atoms. The number of aliphatic hydroxyl groups is 1. The van der Waals surface area contributed by atoms with Crippen LogP contribution in [-0.4, -0.2) is 61.6 Å². The van der Waals surface area contributed by atoms with Crippen LogP contribution in [0, 0.1) is 5.92 Å². The van der Waals surface area contributed by atoms with Crippen LogP contribution in [0.15, 0.2) is 82.8 Å². The number of hydrogen-bond donors (Lipinski definition) is 4. The summed E-state index contributed by atoms with van der Waals surface area (Å²) in [6, 6.07) is 14.1. The van der Waals surface area contributed by atoms with Crippen LogP contribution in [0.1, 0.15) is 11.1 Å². The van der Waals surface area contributed by atoms with Crippen LogP contribution in [0.25, 0.3) is 0 Å². The number of nitrogens with zero attached hydrogens (tertiary/aromatic N) is 2. The molecule has 2 aliphatic rings. The van der Waals surface area contributed by atoms with Crippen molar-refractivity contribution in [3.8, 4) is 11.5 Å². The molecule has 1 heterocycles. The number of benzene rings is 2. The van der Waals surface area contributed by atoms with E-state index >= 15 is 0 Å². The Morgan fingerprint density at radius 2 is 1.80 bits per heavy atom. The van der Waals surface area contributed by atoms with Crippen LogP contribution in [0.4, 0.5) is 0 Å². The van der Waals surface area contributed by atoms with Crippen LogP contribution < -0.4 is 15.8 Å². The zero-order valence-corrected chi connectivity index (χ0v) is 19.5. The van der Waals surface area contributed by atoms with E-state index in [0.717, 1.165) is 11.3 Å². The Morgan fingerprint density at radius 1 is 1.03 bits per heavy atom. The van der Waals surface area contributed by atoms with Gasteiger partial charge in [0.2, 0.25) is 0 Å². The lowest BCUT2D eigenvalue weighted by Gasteiger charge is -2.43. The van der Waals surface area contributed by atoms with E-state index in [4.69, 9.17) is 29.9 Å². The molecule has 0 fully saturated rings. The molecule has 1 aliphatic heterocycles. The van der Waals surface area contributed by atoms with Crippen LogP contribution in [0.3, 0.4) is 0 Å². The van der Waals surface area contributed by atoms with Gasteiger partial charge in [0.25, 0.3) is 0 Å². The quantitative estimate of drug-likeness (QED) is 0.304. The lowest BCUT2D eigenvalue weighted by molar-refractivity contribution is -0.210. The zero-order chi connectivity index (χ0) is 24.7. The maximum atomic E-state index is 11.7. The summed E-state index contributed by atoms with van der Waals surface area (Å²) in [5.41, 5.74) is 5.67. The molecule has 184 valence electrons. The van der Waals surface area contributed by atoms with Gasteiger partial charge in [-0.05, 0) is 42.5 Å². The summed E-state index contributed by atoms with van der Waals surface area (Å²) in [7, 11) is 1.61. The van der Waals surface area contributed by atoms with Gasteiger partial charge in [-0.2, -0.15) is 0 Å². The largest absolute Gasteiger partial charge is 0.508 e. The highest BCUT2D eigenvalue weighted by atomic mass is 16.6. The predicted octanol–water partition coefficient (Wildman–Crippen LogP) is 2.05. The molecular formula is C26H30N4O5. The lowest BCUT2D eigenvalue weighted by atomic mass is 9.78. The molecule has 2 aromatic carbocycles. The first kappa shape index (κ1) is 24.6. The van der Waals surface area contributed by atoms with Gasteiger partial charge in [0, 0.05) is 17.7 Å². The number of phenols is 1. The summed E-state index contributed by atoms with van der Waals surface area (Å²) < 4.78 is 16.6. The van der Waals surface area contributed by atoms with Crippen molar-refractivity contribution >= 4 is 12.2 Å². The average Bonchev–Trinajstić information content (AvgIpc) is 2.89. The van der Waals surface area contributed by atoms with Gasteiger partial charge in [-0.15, -0.1) is 0 Å². The minimum atomic E-state index is -1.72. The predicted molar refractivity (Wildman–Crippen MR) is 133 cm³/mol. The van der Waals surface area contributed by atoms with Gasteiger partial charge in [0.05, 0.1) is 39.2 Å². The standard InChI is InChI=1S/C26H30N4O5/c1-33-22-11-5-19(6-12-22)24-28-18-29-26(30-24,20-7-9-21(31)10-8-20)23-4-2-3-13-25(23,32)35-17-16-34-15-14-27/h2-13,18,23,31-32H,14-17,27H2,1H3,(H,28,29,30). The highest BCUT2D eigenvalue weighted by Gasteiger charge is 2.52. The molecule has 2 aromatic rings. The van der Waals surface area contributed by atoms with E-state index in [0.29, 0.717) is 24.6 Å². The van der Waals surface area contributed by atoms with Crippen molar-refractivity contribution in [3.63, 3.8) is 0 Å². The number of nitrogens with two attached hydrogens (primary N) is 1. The smallest absolute Gasteiger partial charge is 0.196 e. The molecule has 9 heteroatoms. The van der Waals surface area contributed by atoms with E-state index in [1.807, 2.05) is 36.4 Å². The second-order valence-electron chi connectivity index (χ2n) is 8.09. The Balaban J connectivity index is 1.76. The van der Waals surface area contributed by atoms with Gasteiger partial charge < -0.3 is 35.5 Å². The summed E-state index contributed by atoms with van der Waals surface area (Å²) >= 11 is 0. The first-order valence-electron chi connectivity index (χ1n) is 11.3. The van der Waals surface area contributed by atoms with Gasteiger partial charge in [0.15, 0.2) is 11.4 Å². The second kappa shape index (κ2) is 10.8. The third kappa shape index (κ3) is 5.28. The molecule has 1 aliphatic carbocycles. The van der Waals surface area contributed by atoms with Crippen LogP contribution in [0.2, 0.25) is 0 Å². The maximum absolute atomic E-state index is 11.7. The third-order valence-electron chi connectivity index (χ3n) is 5.85. The number of ether oxygens (including phenoxy) is 3. The van der Waals surface area contributed by atoms with Gasteiger partial charge >= 0.3 is 0 Å². The van der Waals surface area contributed by atoms with Crippen molar-refractivity contribution < 1.29 is 24.4 Å². The number of allylic oxidation sites excluding steroid dienone is 2. The van der Waals surface area contributed by atoms with Crippen LogP contribution >= 0.6 is 0 Å². The number of phenolic OH excluding ortho intramolecular Hbond substituents is 1. The fraction of sp³-hybridized carbons (Fsp3) is 0.308. The number of methoxy groups -OCH3 is 1. The first-order valence-corrected chi connectivity index (χ1v) is 11.3. The molecule has 0 aromatic heterocycles. The average molecular weight is 479 g/mol. The summed E-state index contributed by atoms with van der Waals surface area (Å²) in [6.07, 6.45) is 8.53. The van der Waals surface area contributed by atoms with E-state index in [1.54, 1.807) is 49.9 Å². The van der Waals surface area contributed by atoms with Crippen molar-refractivity contribution in [2.75, 3.05) is 33.5 Å². The van der Waals surface area contributed by atoms with Crippen molar-refractivity contribution in [1.82, 2.24) is 5.32 Å². The zero-order valence-electron chi connectivity index (χ0n) is 19.5. The van der Waals surface area contributed by atoms with E-state index < -0.39 is 17.4 Å². The number of aromatic hydroxyl groups is 1. The SMILES string of the molecule is COc1ccc(C2=NC(c3ccc(O)cc3)(C3C=CC=CC3(O)OCCOCCN)N=CN2)cc1. The topological polar surface area (TPSA) is 131 Å². The Bertz CT molecular complexity index is 1110. The highest BCUT2D eigenvalue weighted by Crippen LogP contribution is 2.46. The Hall–Kier alpha value is -3.50. The highest BCUT2D eigenvalue weighted by molar-refractivity contribution is 6.05. The van der Waals surface area contributed by atoms with Crippen molar-refractivity contribution in [2.45, 2.75) is 11.4 Å². The molecular weight excluding hydrogens is 448 g/mol.